The molecule has 2 rings (SSSR count). The van der Waals surface area contributed by atoms with E-state index in [2.05, 4.69) is 10.3 Å². The number of aromatic hydroxyl groups is 1. The van der Waals surface area contributed by atoms with Crippen molar-refractivity contribution in [1.29, 1.82) is 0 Å². The fourth-order valence-corrected chi connectivity index (χ4v) is 0.900. The van der Waals surface area contributed by atoms with Crippen molar-refractivity contribution >= 4 is 11.0 Å². The molecular formula is C6H5N3O2. The molecule has 2 N–H and O–H groups in total. The van der Waals surface area contributed by atoms with Crippen molar-refractivity contribution in [2.75, 3.05) is 0 Å². The maximum atomic E-state index is 8.98. The Morgan fingerprint density at radius 2 is 2.18 bits per heavy atom. The fraction of sp³-hybridized carbons (Fsp3) is 0. The van der Waals surface area contributed by atoms with Crippen LogP contribution in [0.25, 0.3) is 11.0 Å². The number of hydrogen-bond acceptors (Lipinski definition) is 4. The van der Waals surface area contributed by atoms with Gasteiger partial charge in [0.05, 0.1) is 0 Å². The standard InChI is InChI=1S/C6H5N3O2/c10-4-1-2-6-5(3-4)7-8-9(6)11/h1-3,10-11H. The third-order valence-corrected chi connectivity index (χ3v) is 1.41. The van der Waals surface area contributed by atoms with E-state index in [-0.39, 0.29) is 5.75 Å². The van der Waals surface area contributed by atoms with Crippen molar-refractivity contribution in [3.63, 3.8) is 0 Å². The molecular weight excluding hydrogens is 146 g/mol. The Kier molecular flexibility index (Phi) is 1.00. The van der Waals surface area contributed by atoms with E-state index in [1.54, 1.807) is 0 Å². The molecule has 0 amide bonds. The number of hydrogen-bond donors (Lipinski definition) is 2. The molecule has 1 aromatic carbocycles. The summed E-state index contributed by atoms with van der Waals surface area (Å²) < 4.78 is 0. The fourth-order valence-electron chi connectivity index (χ4n) is 0.900. The van der Waals surface area contributed by atoms with Gasteiger partial charge in [-0.3, -0.25) is 0 Å². The van der Waals surface area contributed by atoms with Gasteiger partial charge in [0.25, 0.3) is 0 Å². The van der Waals surface area contributed by atoms with Crippen LogP contribution in [-0.2, 0) is 0 Å². The monoisotopic (exact) mass is 151 g/mol. The second kappa shape index (κ2) is 1.85. The van der Waals surface area contributed by atoms with Gasteiger partial charge < -0.3 is 10.3 Å². The first-order valence-electron chi connectivity index (χ1n) is 3.01. The van der Waals surface area contributed by atoms with E-state index in [4.69, 9.17) is 10.3 Å². The van der Waals surface area contributed by atoms with Crippen molar-refractivity contribution in [3.05, 3.63) is 18.2 Å². The van der Waals surface area contributed by atoms with E-state index in [9.17, 15) is 0 Å². The van der Waals surface area contributed by atoms with Crippen molar-refractivity contribution < 1.29 is 10.3 Å². The Morgan fingerprint density at radius 1 is 1.36 bits per heavy atom. The zero-order valence-corrected chi connectivity index (χ0v) is 5.47. The molecule has 0 saturated heterocycles. The summed E-state index contributed by atoms with van der Waals surface area (Å²) in [4.78, 5) is 0.661. The zero-order valence-electron chi connectivity index (χ0n) is 5.47. The Hall–Kier alpha value is -1.78. The summed E-state index contributed by atoms with van der Waals surface area (Å²) in [6.07, 6.45) is 0. The van der Waals surface area contributed by atoms with Crippen LogP contribution in [0.1, 0.15) is 0 Å². The average molecular weight is 151 g/mol. The molecule has 0 radical (unpaired) electrons. The van der Waals surface area contributed by atoms with Crippen molar-refractivity contribution in [1.82, 2.24) is 15.2 Å². The Labute approximate surface area is 61.5 Å². The number of phenolic OH excluding ortho intramolecular Hbond substituents is 1. The molecule has 0 spiro atoms. The maximum Gasteiger partial charge on any atom is 0.130 e. The highest BCUT2D eigenvalue weighted by Crippen LogP contribution is 2.15. The van der Waals surface area contributed by atoms with E-state index in [1.165, 1.54) is 18.2 Å². The number of fused-ring (bicyclic) bond motifs is 1. The molecule has 0 unspecified atom stereocenters. The third kappa shape index (κ3) is 0.778. The SMILES string of the molecule is Oc1ccc2c(c1)nnn2O. The van der Waals surface area contributed by atoms with Crippen LogP contribution in [0.3, 0.4) is 0 Å². The van der Waals surface area contributed by atoms with Gasteiger partial charge in [-0.1, -0.05) is 4.85 Å². The van der Waals surface area contributed by atoms with Gasteiger partial charge in [0.1, 0.15) is 16.8 Å². The molecule has 56 valence electrons. The predicted octanol–water partition coefficient (Wildman–Crippen LogP) is 0.374. The van der Waals surface area contributed by atoms with Crippen LogP contribution in [0, 0.1) is 0 Å². The normalized spacial score (nSPS) is 10.5. The molecule has 0 saturated carbocycles. The summed E-state index contributed by atoms with van der Waals surface area (Å²) in [6, 6.07) is 4.41. The quantitative estimate of drug-likeness (QED) is 0.534. The summed E-state index contributed by atoms with van der Waals surface area (Å²) in [7, 11) is 0. The number of nitrogens with zero attached hydrogens (tertiary/aromatic N) is 3. The topological polar surface area (TPSA) is 71.2 Å². The first kappa shape index (κ1) is 5.96. The molecule has 2 aromatic rings. The molecule has 5 nitrogen and oxygen atoms in total. The lowest BCUT2D eigenvalue weighted by molar-refractivity contribution is 0.154. The van der Waals surface area contributed by atoms with E-state index in [0.29, 0.717) is 15.9 Å². The molecule has 0 bridgehead atoms. The Balaban J connectivity index is 2.86. The minimum Gasteiger partial charge on any atom is -0.508 e. The smallest absolute Gasteiger partial charge is 0.130 e. The van der Waals surface area contributed by atoms with E-state index in [0.717, 1.165) is 0 Å². The van der Waals surface area contributed by atoms with Gasteiger partial charge in [0.15, 0.2) is 0 Å². The lowest BCUT2D eigenvalue weighted by atomic mass is 10.3. The molecule has 0 aliphatic rings. The molecule has 0 aliphatic carbocycles. The lowest BCUT2D eigenvalue weighted by Crippen LogP contribution is -1.90. The minimum atomic E-state index is 0.109. The van der Waals surface area contributed by atoms with Gasteiger partial charge >= 0.3 is 0 Å². The molecule has 11 heavy (non-hydrogen) atoms. The molecule has 0 aliphatic heterocycles. The van der Waals surface area contributed by atoms with Gasteiger partial charge in [-0.2, -0.15) is 0 Å². The summed E-state index contributed by atoms with van der Waals surface area (Å²) in [5, 5.41) is 24.9. The highest BCUT2D eigenvalue weighted by Gasteiger charge is 2.01. The summed E-state index contributed by atoms with van der Waals surface area (Å²) in [5.74, 6) is 0.109. The van der Waals surface area contributed by atoms with Crippen LogP contribution in [0.4, 0.5) is 0 Å². The first-order valence-corrected chi connectivity index (χ1v) is 3.01. The van der Waals surface area contributed by atoms with Gasteiger partial charge in [0, 0.05) is 6.07 Å². The van der Waals surface area contributed by atoms with E-state index < -0.39 is 0 Å². The van der Waals surface area contributed by atoms with Crippen LogP contribution in [-0.4, -0.2) is 25.5 Å². The highest BCUT2D eigenvalue weighted by molar-refractivity contribution is 5.75. The van der Waals surface area contributed by atoms with E-state index in [1.807, 2.05) is 0 Å². The number of aromatic nitrogens is 3. The summed E-state index contributed by atoms with van der Waals surface area (Å²) in [5.41, 5.74) is 0.940. The van der Waals surface area contributed by atoms with Gasteiger partial charge in [0.2, 0.25) is 0 Å². The van der Waals surface area contributed by atoms with E-state index >= 15 is 0 Å². The van der Waals surface area contributed by atoms with Crippen molar-refractivity contribution in [3.8, 4) is 5.75 Å². The molecule has 5 heteroatoms. The van der Waals surface area contributed by atoms with Crippen molar-refractivity contribution in [2.24, 2.45) is 0 Å². The zero-order chi connectivity index (χ0) is 7.84. The minimum absolute atomic E-state index is 0.109. The van der Waals surface area contributed by atoms with Crippen LogP contribution >= 0.6 is 0 Å². The number of benzene rings is 1. The first-order chi connectivity index (χ1) is 5.27. The van der Waals surface area contributed by atoms with Crippen LogP contribution in [0.2, 0.25) is 0 Å². The largest absolute Gasteiger partial charge is 0.508 e. The Morgan fingerprint density at radius 3 is 3.00 bits per heavy atom. The van der Waals surface area contributed by atoms with Gasteiger partial charge in [-0.25, -0.2) is 0 Å². The molecule has 0 atom stereocenters. The second-order valence-electron chi connectivity index (χ2n) is 2.15. The summed E-state index contributed by atoms with van der Waals surface area (Å²) in [6.45, 7) is 0. The van der Waals surface area contributed by atoms with Crippen LogP contribution in [0.5, 0.6) is 5.75 Å². The number of rotatable bonds is 0. The predicted molar refractivity (Wildman–Crippen MR) is 36.4 cm³/mol. The van der Waals surface area contributed by atoms with Crippen molar-refractivity contribution in [2.45, 2.75) is 0 Å². The number of phenols is 1. The molecule has 0 fully saturated rings. The third-order valence-electron chi connectivity index (χ3n) is 1.41. The van der Waals surface area contributed by atoms with Gasteiger partial charge in [-0.05, 0) is 17.3 Å². The molecule has 1 heterocycles. The highest BCUT2D eigenvalue weighted by atomic mass is 16.5. The lowest BCUT2D eigenvalue weighted by Gasteiger charge is -1.90. The van der Waals surface area contributed by atoms with Gasteiger partial charge in [-0.15, -0.1) is 5.10 Å². The summed E-state index contributed by atoms with van der Waals surface area (Å²) >= 11 is 0. The Bertz CT molecular complexity index is 396. The van der Waals surface area contributed by atoms with Crippen LogP contribution < -0.4 is 0 Å². The average Bonchev–Trinajstić information content (AvgIpc) is 2.32. The maximum absolute atomic E-state index is 8.98. The molecule has 1 aromatic heterocycles. The second-order valence-corrected chi connectivity index (χ2v) is 2.15. The van der Waals surface area contributed by atoms with Crippen LogP contribution in [0.15, 0.2) is 18.2 Å².